The SMILES string of the molecule is COc1cccc(CC(=O)NCCNC2CC2)c1. The van der Waals surface area contributed by atoms with Gasteiger partial charge in [-0.2, -0.15) is 0 Å². The summed E-state index contributed by atoms with van der Waals surface area (Å²) in [5, 5.41) is 6.27. The van der Waals surface area contributed by atoms with E-state index in [0.717, 1.165) is 17.9 Å². The van der Waals surface area contributed by atoms with E-state index < -0.39 is 0 Å². The number of amides is 1. The lowest BCUT2D eigenvalue weighted by atomic mass is 10.1. The average molecular weight is 248 g/mol. The minimum absolute atomic E-state index is 0.0563. The summed E-state index contributed by atoms with van der Waals surface area (Å²) in [6.45, 7) is 1.55. The van der Waals surface area contributed by atoms with E-state index in [-0.39, 0.29) is 5.91 Å². The lowest BCUT2D eigenvalue weighted by Crippen LogP contribution is -2.33. The maximum atomic E-state index is 11.7. The molecule has 0 spiro atoms. The van der Waals surface area contributed by atoms with Crippen molar-refractivity contribution in [2.75, 3.05) is 20.2 Å². The standard InChI is InChI=1S/C14H20N2O2/c1-18-13-4-2-3-11(9-13)10-14(17)16-8-7-15-12-5-6-12/h2-4,9,12,15H,5-8,10H2,1H3,(H,16,17). The van der Waals surface area contributed by atoms with E-state index in [2.05, 4.69) is 10.6 Å². The molecule has 0 aromatic heterocycles. The lowest BCUT2D eigenvalue weighted by molar-refractivity contribution is -0.120. The summed E-state index contributed by atoms with van der Waals surface area (Å²) in [6.07, 6.45) is 2.95. The number of benzene rings is 1. The van der Waals surface area contributed by atoms with Gasteiger partial charge in [-0.05, 0) is 30.5 Å². The van der Waals surface area contributed by atoms with Gasteiger partial charge in [0.1, 0.15) is 5.75 Å². The van der Waals surface area contributed by atoms with E-state index in [0.29, 0.717) is 19.0 Å². The van der Waals surface area contributed by atoms with Crippen molar-refractivity contribution in [2.45, 2.75) is 25.3 Å². The van der Waals surface area contributed by atoms with Gasteiger partial charge in [-0.15, -0.1) is 0 Å². The van der Waals surface area contributed by atoms with Gasteiger partial charge in [0, 0.05) is 19.1 Å². The van der Waals surface area contributed by atoms with Crippen LogP contribution in [0.2, 0.25) is 0 Å². The summed E-state index contributed by atoms with van der Waals surface area (Å²) in [4.78, 5) is 11.7. The number of carbonyl (C=O) groups excluding carboxylic acids is 1. The molecule has 0 heterocycles. The van der Waals surface area contributed by atoms with Gasteiger partial charge in [-0.25, -0.2) is 0 Å². The Kier molecular flexibility index (Phi) is 4.59. The quantitative estimate of drug-likeness (QED) is 0.711. The Hall–Kier alpha value is -1.55. The zero-order valence-electron chi connectivity index (χ0n) is 10.7. The van der Waals surface area contributed by atoms with E-state index in [1.807, 2.05) is 24.3 Å². The molecule has 4 nitrogen and oxygen atoms in total. The second kappa shape index (κ2) is 6.40. The molecule has 1 aliphatic carbocycles. The third kappa shape index (κ3) is 4.37. The summed E-state index contributed by atoms with van der Waals surface area (Å²) in [7, 11) is 1.63. The zero-order chi connectivity index (χ0) is 12.8. The van der Waals surface area contributed by atoms with Crippen molar-refractivity contribution in [1.82, 2.24) is 10.6 Å². The fourth-order valence-corrected chi connectivity index (χ4v) is 1.80. The fourth-order valence-electron chi connectivity index (χ4n) is 1.80. The Balaban J connectivity index is 1.68. The molecule has 18 heavy (non-hydrogen) atoms. The average Bonchev–Trinajstić information content (AvgIpc) is 3.19. The molecule has 98 valence electrons. The van der Waals surface area contributed by atoms with Crippen molar-refractivity contribution in [3.8, 4) is 5.75 Å². The number of methoxy groups -OCH3 is 1. The number of carbonyl (C=O) groups is 1. The first-order valence-corrected chi connectivity index (χ1v) is 6.41. The smallest absolute Gasteiger partial charge is 0.224 e. The molecule has 0 saturated heterocycles. The van der Waals surface area contributed by atoms with Gasteiger partial charge in [0.25, 0.3) is 0 Å². The van der Waals surface area contributed by atoms with Crippen LogP contribution < -0.4 is 15.4 Å². The van der Waals surface area contributed by atoms with Crippen molar-refractivity contribution in [2.24, 2.45) is 0 Å². The first-order chi connectivity index (χ1) is 8.78. The molecule has 4 heteroatoms. The molecule has 0 atom stereocenters. The molecule has 0 unspecified atom stereocenters. The molecular formula is C14H20N2O2. The van der Waals surface area contributed by atoms with Crippen LogP contribution >= 0.6 is 0 Å². The van der Waals surface area contributed by atoms with Gasteiger partial charge in [0.15, 0.2) is 0 Å². The van der Waals surface area contributed by atoms with Crippen LogP contribution in [0.1, 0.15) is 18.4 Å². The highest BCUT2D eigenvalue weighted by atomic mass is 16.5. The molecule has 1 aliphatic rings. The van der Waals surface area contributed by atoms with Crippen LogP contribution in [0, 0.1) is 0 Å². The molecule has 1 fully saturated rings. The van der Waals surface area contributed by atoms with Crippen LogP contribution in [0.15, 0.2) is 24.3 Å². The Labute approximate surface area is 108 Å². The Morgan fingerprint density at radius 2 is 2.22 bits per heavy atom. The Morgan fingerprint density at radius 1 is 1.39 bits per heavy atom. The Bertz CT molecular complexity index is 403. The summed E-state index contributed by atoms with van der Waals surface area (Å²) >= 11 is 0. The van der Waals surface area contributed by atoms with E-state index in [1.54, 1.807) is 7.11 Å². The molecule has 2 N–H and O–H groups in total. The summed E-state index contributed by atoms with van der Waals surface area (Å²) in [5.41, 5.74) is 0.974. The van der Waals surface area contributed by atoms with Gasteiger partial charge < -0.3 is 15.4 Å². The van der Waals surface area contributed by atoms with Crippen LogP contribution in [-0.2, 0) is 11.2 Å². The molecule has 2 rings (SSSR count). The van der Waals surface area contributed by atoms with E-state index in [9.17, 15) is 4.79 Å². The van der Waals surface area contributed by atoms with E-state index in [4.69, 9.17) is 4.74 Å². The summed E-state index contributed by atoms with van der Waals surface area (Å²) in [6, 6.07) is 8.30. The van der Waals surface area contributed by atoms with Crippen molar-refractivity contribution in [1.29, 1.82) is 0 Å². The molecule has 1 amide bonds. The highest BCUT2D eigenvalue weighted by molar-refractivity contribution is 5.78. The number of ether oxygens (including phenoxy) is 1. The molecule has 0 radical (unpaired) electrons. The number of hydrogen-bond donors (Lipinski definition) is 2. The number of rotatable bonds is 7. The van der Waals surface area contributed by atoms with Gasteiger partial charge in [0.2, 0.25) is 5.91 Å². The zero-order valence-corrected chi connectivity index (χ0v) is 10.7. The van der Waals surface area contributed by atoms with Crippen molar-refractivity contribution in [3.63, 3.8) is 0 Å². The second-order valence-electron chi connectivity index (χ2n) is 4.61. The normalized spacial score (nSPS) is 14.3. The minimum Gasteiger partial charge on any atom is -0.497 e. The Morgan fingerprint density at radius 3 is 2.94 bits per heavy atom. The molecule has 0 bridgehead atoms. The van der Waals surface area contributed by atoms with Crippen LogP contribution in [0.5, 0.6) is 5.75 Å². The van der Waals surface area contributed by atoms with Crippen LogP contribution in [0.3, 0.4) is 0 Å². The number of nitrogens with one attached hydrogen (secondary N) is 2. The largest absolute Gasteiger partial charge is 0.497 e. The second-order valence-corrected chi connectivity index (χ2v) is 4.61. The summed E-state index contributed by atoms with van der Waals surface area (Å²) in [5.74, 6) is 0.844. The van der Waals surface area contributed by atoms with Gasteiger partial charge in [-0.3, -0.25) is 4.79 Å². The molecular weight excluding hydrogens is 228 g/mol. The van der Waals surface area contributed by atoms with Gasteiger partial charge in [-0.1, -0.05) is 12.1 Å². The first kappa shape index (κ1) is 12.9. The van der Waals surface area contributed by atoms with Gasteiger partial charge >= 0.3 is 0 Å². The topological polar surface area (TPSA) is 50.4 Å². The lowest BCUT2D eigenvalue weighted by Gasteiger charge is -2.07. The van der Waals surface area contributed by atoms with Crippen molar-refractivity contribution < 1.29 is 9.53 Å². The third-order valence-corrected chi connectivity index (χ3v) is 2.96. The highest BCUT2D eigenvalue weighted by Crippen LogP contribution is 2.17. The van der Waals surface area contributed by atoms with E-state index >= 15 is 0 Å². The highest BCUT2D eigenvalue weighted by Gasteiger charge is 2.19. The first-order valence-electron chi connectivity index (χ1n) is 6.41. The molecule has 1 aromatic carbocycles. The fraction of sp³-hybridized carbons (Fsp3) is 0.500. The van der Waals surface area contributed by atoms with E-state index in [1.165, 1.54) is 12.8 Å². The predicted molar refractivity (Wildman–Crippen MR) is 70.7 cm³/mol. The maximum Gasteiger partial charge on any atom is 0.224 e. The van der Waals surface area contributed by atoms with Crippen molar-refractivity contribution >= 4 is 5.91 Å². The summed E-state index contributed by atoms with van der Waals surface area (Å²) < 4.78 is 5.13. The predicted octanol–water partition coefficient (Wildman–Crippen LogP) is 1.11. The van der Waals surface area contributed by atoms with Crippen LogP contribution in [0.25, 0.3) is 0 Å². The van der Waals surface area contributed by atoms with Crippen molar-refractivity contribution in [3.05, 3.63) is 29.8 Å². The molecule has 0 aliphatic heterocycles. The molecule has 1 saturated carbocycles. The van der Waals surface area contributed by atoms with Crippen LogP contribution in [0.4, 0.5) is 0 Å². The van der Waals surface area contributed by atoms with Crippen LogP contribution in [-0.4, -0.2) is 32.1 Å². The molecule has 1 aromatic rings. The third-order valence-electron chi connectivity index (χ3n) is 2.96. The monoisotopic (exact) mass is 248 g/mol. The van der Waals surface area contributed by atoms with Gasteiger partial charge in [0.05, 0.1) is 13.5 Å². The maximum absolute atomic E-state index is 11.7. The minimum atomic E-state index is 0.0563. The number of hydrogen-bond acceptors (Lipinski definition) is 3.